The monoisotopic (exact) mass is 310 g/mol. The van der Waals surface area contributed by atoms with Crippen molar-refractivity contribution in [3.05, 3.63) is 72.1 Å². The van der Waals surface area contributed by atoms with Crippen LogP contribution in [0.5, 0.6) is 0 Å². The van der Waals surface area contributed by atoms with E-state index in [1.54, 1.807) is 11.8 Å². The van der Waals surface area contributed by atoms with Gasteiger partial charge in [-0.15, -0.1) is 0 Å². The third-order valence-electron chi connectivity index (χ3n) is 3.02. The first-order valence-electron chi connectivity index (χ1n) is 6.75. The average Bonchev–Trinajstić information content (AvgIpc) is 3.08. The molecule has 5 nitrogen and oxygen atoms in total. The normalized spacial score (nSPS) is 10.4. The van der Waals surface area contributed by atoms with Crippen molar-refractivity contribution in [1.82, 2.24) is 15.2 Å². The molecule has 110 valence electrons. The number of amides is 1. The summed E-state index contributed by atoms with van der Waals surface area (Å²) >= 11 is 1.57. The predicted molar refractivity (Wildman–Crippen MR) is 86.8 cm³/mol. The van der Waals surface area contributed by atoms with Crippen LogP contribution >= 0.6 is 11.8 Å². The highest BCUT2D eigenvalue weighted by Gasteiger charge is 2.06. The van der Waals surface area contributed by atoms with E-state index in [0.29, 0.717) is 5.56 Å². The Morgan fingerprint density at radius 2 is 1.86 bits per heavy atom. The van der Waals surface area contributed by atoms with Gasteiger partial charge in [-0.25, -0.2) is 4.98 Å². The van der Waals surface area contributed by atoms with E-state index in [1.807, 2.05) is 54.6 Å². The summed E-state index contributed by atoms with van der Waals surface area (Å²) in [7, 11) is 0. The molecule has 0 radical (unpaired) electrons. The fourth-order valence-electron chi connectivity index (χ4n) is 1.89. The van der Waals surface area contributed by atoms with Gasteiger partial charge in [-0.3, -0.25) is 9.89 Å². The fourth-order valence-corrected chi connectivity index (χ4v) is 2.63. The van der Waals surface area contributed by atoms with Gasteiger partial charge in [0.1, 0.15) is 6.33 Å². The lowest BCUT2D eigenvalue weighted by Crippen LogP contribution is -2.11. The Morgan fingerprint density at radius 3 is 2.55 bits per heavy atom. The number of thioether (sulfide) groups is 1. The van der Waals surface area contributed by atoms with E-state index in [1.165, 1.54) is 6.33 Å². The van der Waals surface area contributed by atoms with Crippen molar-refractivity contribution in [1.29, 1.82) is 0 Å². The molecule has 0 aliphatic carbocycles. The zero-order valence-electron chi connectivity index (χ0n) is 11.7. The summed E-state index contributed by atoms with van der Waals surface area (Å²) in [5.41, 5.74) is 2.55. The van der Waals surface area contributed by atoms with Crippen LogP contribution in [0.15, 0.2) is 66.1 Å². The number of hydrogen-bond donors (Lipinski definition) is 2. The molecule has 0 aliphatic heterocycles. The van der Waals surface area contributed by atoms with Crippen LogP contribution in [-0.4, -0.2) is 21.1 Å². The highest BCUT2D eigenvalue weighted by molar-refractivity contribution is 7.98. The van der Waals surface area contributed by atoms with Gasteiger partial charge in [-0.05, 0) is 29.8 Å². The molecule has 0 saturated carbocycles. The summed E-state index contributed by atoms with van der Waals surface area (Å²) in [6.07, 6.45) is 1.49. The first kappa shape index (κ1) is 14.3. The lowest BCUT2D eigenvalue weighted by atomic mass is 10.1. The third-order valence-corrected chi connectivity index (χ3v) is 3.96. The number of carbonyl (C=O) groups is 1. The molecule has 0 aliphatic rings. The maximum absolute atomic E-state index is 12.1. The van der Waals surface area contributed by atoms with Gasteiger partial charge in [-0.1, -0.05) is 42.1 Å². The van der Waals surface area contributed by atoms with Crippen LogP contribution in [0.1, 0.15) is 15.9 Å². The molecule has 1 heterocycles. The van der Waals surface area contributed by atoms with Gasteiger partial charge < -0.3 is 5.32 Å². The Morgan fingerprint density at radius 1 is 1.09 bits per heavy atom. The zero-order chi connectivity index (χ0) is 15.2. The maximum atomic E-state index is 12.1. The predicted octanol–water partition coefficient (Wildman–Crippen LogP) is 3.35. The first-order valence-corrected chi connectivity index (χ1v) is 7.73. The molecule has 0 saturated heterocycles. The van der Waals surface area contributed by atoms with Gasteiger partial charge >= 0.3 is 0 Å². The van der Waals surface area contributed by atoms with E-state index in [0.717, 1.165) is 22.2 Å². The van der Waals surface area contributed by atoms with Crippen LogP contribution in [0.25, 0.3) is 0 Å². The van der Waals surface area contributed by atoms with E-state index >= 15 is 0 Å². The van der Waals surface area contributed by atoms with E-state index in [2.05, 4.69) is 20.5 Å². The molecule has 2 aromatic carbocycles. The smallest absolute Gasteiger partial charge is 0.255 e. The number of anilines is 1. The number of nitrogens with zero attached hydrogens (tertiary/aromatic N) is 2. The molecular weight excluding hydrogens is 296 g/mol. The van der Waals surface area contributed by atoms with Crippen molar-refractivity contribution >= 4 is 23.4 Å². The Balaban J connectivity index is 1.60. The molecule has 22 heavy (non-hydrogen) atoms. The van der Waals surface area contributed by atoms with Crippen LogP contribution in [0.2, 0.25) is 0 Å². The van der Waals surface area contributed by atoms with Crippen LogP contribution in [0.4, 0.5) is 5.69 Å². The zero-order valence-corrected chi connectivity index (χ0v) is 12.5. The number of aromatic nitrogens is 3. The second-order valence-electron chi connectivity index (χ2n) is 4.60. The van der Waals surface area contributed by atoms with E-state index in [9.17, 15) is 4.79 Å². The van der Waals surface area contributed by atoms with Gasteiger partial charge in [0.15, 0.2) is 5.16 Å². The van der Waals surface area contributed by atoms with Crippen molar-refractivity contribution in [3.8, 4) is 0 Å². The molecule has 0 bridgehead atoms. The number of carbonyl (C=O) groups excluding carboxylic acids is 1. The molecule has 3 rings (SSSR count). The number of nitrogens with one attached hydrogen (secondary N) is 2. The number of H-pyrrole nitrogens is 1. The first-order chi connectivity index (χ1) is 10.8. The van der Waals surface area contributed by atoms with Gasteiger partial charge in [0, 0.05) is 17.0 Å². The lowest BCUT2D eigenvalue weighted by Gasteiger charge is -2.06. The molecule has 6 heteroatoms. The van der Waals surface area contributed by atoms with E-state index < -0.39 is 0 Å². The molecule has 0 unspecified atom stereocenters. The maximum Gasteiger partial charge on any atom is 0.255 e. The van der Waals surface area contributed by atoms with Gasteiger partial charge in [0.05, 0.1) is 0 Å². The van der Waals surface area contributed by atoms with Crippen molar-refractivity contribution in [2.24, 2.45) is 0 Å². The van der Waals surface area contributed by atoms with Gasteiger partial charge in [0.2, 0.25) is 0 Å². The minimum atomic E-state index is -0.111. The van der Waals surface area contributed by atoms with Crippen molar-refractivity contribution in [2.75, 3.05) is 5.32 Å². The molecule has 1 amide bonds. The quantitative estimate of drug-likeness (QED) is 0.709. The summed E-state index contributed by atoms with van der Waals surface area (Å²) in [6, 6.07) is 17.0. The van der Waals surface area contributed by atoms with Gasteiger partial charge in [0.25, 0.3) is 5.91 Å². The number of aromatic amines is 1. The Hall–Kier alpha value is -2.60. The van der Waals surface area contributed by atoms with Crippen LogP contribution < -0.4 is 5.32 Å². The Labute approximate surface area is 132 Å². The SMILES string of the molecule is O=C(Nc1ccccc1)c1ccc(CSc2ncn[nH]2)cc1. The summed E-state index contributed by atoms with van der Waals surface area (Å²) < 4.78 is 0. The lowest BCUT2D eigenvalue weighted by molar-refractivity contribution is 0.102. The standard InChI is InChI=1S/C16H14N4OS/c21-15(19-14-4-2-1-3-5-14)13-8-6-12(7-9-13)10-22-16-17-11-18-20-16/h1-9,11H,10H2,(H,19,21)(H,17,18,20). The number of hydrogen-bond acceptors (Lipinski definition) is 4. The summed E-state index contributed by atoms with van der Waals surface area (Å²) in [5, 5.41) is 10.3. The summed E-state index contributed by atoms with van der Waals surface area (Å²) in [6.45, 7) is 0. The molecule has 2 N–H and O–H groups in total. The summed E-state index contributed by atoms with van der Waals surface area (Å²) in [4.78, 5) is 16.2. The van der Waals surface area contributed by atoms with Crippen LogP contribution in [-0.2, 0) is 5.75 Å². The molecule has 3 aromatic rings. The highest BCUT2D eigenvalue weighted by Crippen LogP contribution is 2.18. The molecule has 0 spiro atoms. The minimum Gasteiger partial charge on any atom is -0.322 e. The number of benzene rings is 2. The average molecular weight is 310 g/mol. The molecule has 0 fully saturated rings. The molecule has 0 atom stereocenters. The minimum absolute atomic E-state index is 0.111. The molecule has 1 aromatic heterocycles. The van der Waals surface area contributed by atoms with Crippen LogP contribution in [0.3, 0.4) is 0 Å². The Bertz CT molecular complexity index is 727. The Kier molecular flexibility index (Phi) is 4.50. The second-order valence-corrected chi connectivity index (χ2v) is 5.56. The highest BCUT2D eigenvalue weighted by atomic mass is 32.2. The van der Waals surface area contributed by atoms with Crippen molar-refractivity contribution < 1.29 is 4.79 Å². The van der Waals surface area contributed by atoms with Crippen molar-refractivity contribution in [3.63, 3.8) is 0 Å². The third kappa shape index (κ3) is 3.73. The van der Waals surface area contributed by atoms with Gasteiger partial charge in [-0.2, -0.15) is 5.10 Å². The largest absolute Gasteiger partial charge is 0.322 e. The van der Waals surface area contributed by atoms with Crippen molar-refractivity contribution in [2.45, 2.75) is 10.9 Å². The number of rotatable bonds is 5. The number of para-hydroxylation sites is 1. The van der Waals surface area contributed by atoms with E-state index in [-0.39, 0.29) is 5.91 Å². The van der Waals surface area contributed by atoms with E-state index in [4.69, 9.17) is 0 Å². The second kappa shape index (κ2) is 6.91. The topological polar surface area (TPSA) is 70.7 Å². The fraction of sp³-hybridized carbons (Fsp3) is 0.0625. The summed E-state index contributed by atoms with van der Waals surface area (Å²) in [5.74, 6) is 0.663. The molecular formula is C16H14N4OS. The van der Waals surface area contributed by atoms with Crippen LogP contribution in [0, 0.1) is 0 Å².